The molecule has 0 saturated heterocycles. The molecule has 1 rings (SSSR count). The fraction of sp³-hybridized carbons (Fsp3) is 0.818. The van der Waals surface area contributed by atoms with Crippen molar-refractivity contribution in [3.8, 4) is 0 Å². The average molecular weight is 183 g/mol. The zero-order valence-corrected chi connectivity index (χ0v) is 8.71. The molecule has 0 aromatic rings. The lowest BCUT2D eigenvalue weighted by Gasteiger charge is -2.28. The van der Waals surface area contributed by atoms with Crippen LogP contribution < -0.4 is 5.32 Å². The largest absolute Gasteiger partial charge is 0.392 e. The van der Waals surface area contributed by atoms with Gasteiger partial charge >= 0.3 is 0 Å². The molecule has 1 aliphatic rings. The second-order valence-corrected chi connectivity index (χ2v) is 4.15. The van der Waals surface area contributed by atoms with E-state index in [1.54, 1.807) is 0 Å². The van der Waals surface area contributed by atoms with Crippen LogP contribution in [0.1, 0.15) is 39.5 Å². The van der Waals surface area contributed by atoms with E-state index in [9.17, 15) is 5.11 Å². The number of hydrogen-bond acceptors (Lipinski definition) is 2. The van der Waals surface area contributed by atoms with Crippen LogP contribution in [0.3, 0.4) is 0 Å². The first-order valence-corrected chi connectivity index (χ1v) is 5.25. The Kier molecular flexibility index (Phi) is 4.46. The Bertz CT molecular complexity index is 173. The van der Waals surface area contributed by atoms with E-state index in [-0.39, 0.29) is 6.10 Å². The molecule has 2 atom stereocenters. The molecule has 1 saturated carbocycles. The van der Waals surface area contributed by atoms with Crippen LogP contribution in [0.5, 0.6) is 0 Å². The van der Waals surface area contributed by atoms with Crippen LogP contribution in [-0.4, -0.2) is 23.8 Å². The first-order chi connectivity index (χ1) is 6.20. The number of allylic oxidation sites excluding steroid dienone is 1. The summed E-state index contributed by atoms with van der Waals surface area (Å²) in [7, 11) is 0. The van der Waals surface area contributed by atoms with Crippen LogP contribution >= 0.6 is 0 Å². The fourth-order valence-electron chi connectivity index (χ4n) is 1.76. The van der Waals surface area contributed by atoms with Crippen LogP contribution in [0.15, 0.2) is 11.6 Å². The molecule has 0 radical (unpaired) electrons. The maximum atomic E-state index is 9.65. The minimum absolute atomic E-state index is 0.126. The summed E-state index contributed by atoms with van der Waals surface area (Å²) in [5.74, 6) is 0. The highest BCUT2D eigenvalue weighted by molar-refractivity contribution is 4.95. The van der Waals surface area contributed by atoms with Crippen molar-refractivity contribution in [1.82, 2.24) is 5.32 Å². The molecule has 0 aliphatic heterocycles. The third kappa shape index (κ3) is 3.92. The molecule has 76 valence electrons. The highest BCUT2D eigenvalue weighted by Crippen LogP contribution is 2.17. The van der Waals surface area contributed by atoms with Crippen molar-refractivity contribution in [3.05, 3.63) is 11.6 Å². The molecule has 13 heavy (non-hydrogen) atoms. The van der Waals surface area contributed by atoms with Crippen LogP contribution in [0.25, 0.3) is 0 Å². The number of aliphatic hydroxyl groups is 1. The first-order valence-electron chi connectivity index (χ1n) is 5.25. The average Bonchev–Trinajstić information content (AvgIpc) is 2.08. The Balaban J connectivity index is 2.23. The van der Waals surface area contributed by atoms with Gasteiger partial charge in [0.05, 0.1) is 6.10 Å². The first kappa shape index (κ1) is 10.7. The van der Waals surface area contributed by atoms with Gasteiger partial charge in [-0.2, -0.15) is 0 Å². The monoisotopic (exact) mass is 183 g/mol. The molecular weight excluding hydrogens is 162 g/mol. The van der Waals surface area contributed by atoms with Gasteiger partial charge in [-0.05, 0) is 26.7 Å². The van der Waals surface area contributed by atoms with Crippen LogP contribution in [0.2, 0.25) is 0 Å². The Morgan fingerprint density at radius 3 is 2.69 bits per heavy atom. The molecule has 2 heteroatoms. The number of rotatable bonds is 3. The van der Waals surface area contributed by atoms with Gasteiger partial charge < -0.3 is 10.4 Å². The molecule has 0 heterocycles. The quantitative estimate of drug-likeness (QED) is 0.654. The van der Waals surface area contributed by atoms with Crippen molar-refractivity contribution < 1.29 is 5.11 Å². The van der Waals surface area contributed by atoms with E-state index in [4.69, 9.17) is 0 Å². The smallest absolute Gasteiger partial charge is 0.0693 e. The maximum Gasteiger partial charge on any atom is 0.0693 e. The van der Waals surface area contributed by atoms with Gasteiger partial charge in [-0.25, -0.2) is 0 Å². The standard InChI is InChI=1S/C11H21NO/c1-9(2)7-8-12-10-5-3-4-6-11(10)13/h7,10-13H,3-6,8H2,1-2H3/t10-,11-/m0/s1. The van der Waals surface area contributed by atoms with E-state index < -0.39 is 0 Å². The molecule has 0 aromatic carbocycles. The summed E-state index contributed by atoms with van der Waals surface area (Å²) in [6.45, 7) is 5.09. The molecule has 0 bridgehead atoms. The number of hydrogen-bond donors (Lipinski definition) is 2. The van der Waals surface area contributed by atoms with Crippen molar-refractivity contribution in [3.63, 3.8) is 0 Å². The number of nitrogens with one attached hydrogen (secondary N) is 1. The third-order valence-electron chi connectivity index (χ3n) is 2.62. The number of aliphatic hydroxyl groups excluding tert-OH is 1. The van der Waals surface area contributed by atoms with E-state index in [0.29, 0.717) is 6.04 Å². The summed E-state index contributed by atoms with van der Waals surface area (Å²) in [6.07, 6.45) is 6.57. The lowest BCUT2D eigenvalue weighted by molar-refractivity contribution is 0.0928. The van der Waals surface area contributed by atoms with Crippen molar-refractivity contribution in [2.24, 2.45) is 0 Å². The van der Waals surface area contributed by atoms with Gasteiger partial charge in [0.25, 0.3) is 0 Å². The lowest BCUT2D eigenvalue weighted by Crippen LogP contribution is -2.42. The second kappa shape index (κ2) is 5.40. The molecule has 0 amide bonds. The lowest BCUT2D eigenvalue weighted by atomic mass is 9.92. The molecule has 0 aromatic heterocycles. The Labute approximate surface area is 81.0 Å². The molecule has 1 fully saturated rings. The van der Waals surface area contributed by atoms with Gasteiger partial charge in [-0.3, -0.25) is 0 Å². The topological polar surface area (TPSA) is 32.3 Å². The van der Waals surface area contributed by atoms with E-state index in [1.165, 1.54) is 18.4 Å². The minimum atomic E-state index is -0.126. The van der Waals surface area contributed by atoms with Gasteiger partial charge in [0, 0.05) is 12.6 Å². The predicted molar refractivity (Wildman–Crippen MR) is 55.7 cm³/mol. The highest BCUT2D eigenvalue weighted by atomic mass is 16.3. The summed E-state index contributed by atoms with van der Waals surface area (Å²) in [5, 5.41) is 13.0. The Morgan fingerprint density at radius 2 is 2.08 bits per heavy atom. The van der Waals surface area contributed by atoms with Gasteiger partial charge in [-0.15, -0.1) is 0 Å². The molecule has 1 aliphatic carbocycles. The van der Waals surface area contributed by atoms with Crippen molar-refractivity contribution in [2.45, 2.75) is 51.7 Å². The van der Waals surface area contributed by atoms with Crippen LogP contribution in [-0.2, 0) is 0 Å². The Morgan fingerprint density at radius 1 is 1.38 bits per heavy atom. The SMILES string of the molecule is CC(C)=CCN[C@H]1CCCC[C@@H]1O. The second-order valence-electron chi connectivity index (χ2n) is 4.15. The van der Waals surface area contributed by atoms with E-state index in [2.05, 4.69) is 25.2 Å². The van der Waals surface area contributed by atoms with E-state index in [1.807, 2.05) is 0 Å². The molecule has 0 spiro atoms. The molecular formula is C11H21NO. The summed E-state index contributed by atoms with van der Waals surface area (Å²) < 4.78 is 0. The zero-order chi connectivity index (χ0) is 9.68. The summed E-state index contributed by atoms with van der Waals surface area (Å²) in [5.41, 5.74) is 1.33. The normalized spacial score (nSPS) is 28.5. The van der Waals surface area contributed by atoms with Crippen molar-refractivity contribution in [2.75, 3.05) is 6.54 Å². The summed E-state index contributed by atoms with van der Waals surface area (Å²) in [6, 6.07) is 0.323. The Hall–Kier alpha value is -0.340. The van der Waals surface area contributed by atoms with Crippen LogP contribution in [0, 0.1) is 0 Å². The predicted octanol–water partition coefficient (Wildman–Crippen LogP) is 1.85. The van der Waals surface area contributed by atoms with Gasteiger partial charge in [0.1, 0.15) is 0 Å². The zero-order valence-electron chi connectivity index (χ0n) is 8.71. The third-order valence-corrected chi connectivity index (χ3v) is 2.62. The van der Waals surface area contributed by atoms with Gasteiger partial charge in [-0.1, -0.05) is 24.5 Å². The molecule has 2 N–H and O–H groups in total. The highest BCUT2D eigenvalue weighted by Gasteiger charge is 2.21. The van der Waals surface area contributed by atoms with E-state index in [0.717, 1.165) is 19.4 Å². The molecule has 0 unspecified atom stereocenters. The van der Waals surface area contributed by atoms with Gasteiger partial charge in [0.2, 0.25) is 0 Å². The fourth-order valence-corrected chi connectivity index (χ4v) is 1.76. The minimum Gasteiger partial charge on any atom is -0.392 e. The van der Waals surface area contributed by atoms with E-state index >= 15 is 0 Å². The van der Waals surface area contributed by atoms with Crippen molar-refractivity contribution in [1.29, 1.82) is 0 Å². The van der Waals surface area contributed by atoms with Gasteiger partial charge in [0.15, 0.2) is 0 Å². The molecule has 2 nitrogen and oxygen atoms in total. The summed E-state index contributed by atoms with van der Waals surface area (Å²) >= 11 is 0. The summed E-state index contributed by atoms with van der Waals surface area (Å²) in [4.78, 5) is 0. The van der Waals surface area contributed by atoms with Crippen LogP contribution in [0.4, 0.5) is 0 Å². The van der Waals surface area contributed by atoms with Crippen molar-refractivity contribution >= 4 is 0 Å². The maximum absolute atomic E-state index is 9.65.